The molecule has 0 aliphatic carbocycles. The zero-order valence-electron chi connectivity index (χ0n) is 13.3. The Morgan fingerprint density at radius 3 is 2.58 bits per heavy atom. The van der Waals surface area contributed by atoms with Gasteiger partial charge in [-0.05, 0) is 36.4 Å². The molecule has 2 heterocycles. The molecule has 5 nitrogen and oxygen atoms in total. The molecule has 0 fully saturated rings. The Morgan fingerprint density at radius 2 is 1.85 bits per heavy atom. The second-order valence-corrected chi connectivity index (χ2v) is 5.66. The maximum Gasteiger partial charge on any atom is 0.417 e. The fourth-order valence-electron chi connectivity index (χ4n) is 2.15. The molecule has 0 aliphatic heterocycles. The van der Waals surface area contributed by atoms with E-state index < -0.39 is 11.7 Å². The average Bonchev–Trinajstić information content (AvgIpc) is 2.62. The summed E-state index contributed by atoms with van der Waals surface area (Å²) in [5.41, 5.74) is 0.116. The Morgan fingerprint density at radius 1 is 1.00 bits per heavy atom. The van der Waals surface area contributed by atoms with Crippen molar-refractivity contribution < 1.29 is 13.2 Å². The van der Waals surface area contributed by atoms with E-state index in [9.17, 15) is 13.2 Å². The van der Waals surface area contributed by atoms with Gasteiger partial charge in [0.1, 0.15) is 5.82 Å². The molecule has 0 bridgehead atoms. The van der Waals surface area contributed by atoms with Crippen molar-refractivity contribution in [3.8, 4) is 0 Å². The first-order chi connectivity index (χ1) is 12.4. The monoisotopic (exact) mass is 379 g/mol. The van der Waals surface area contributed by atoms with Crippen LogP contribution < -0.4 is 10.6 Å². The summed E-state index contributed by atoms with van der Waals surface area (Å²) in [5, 5.41) is 5.46. The molecule has 0 unspecified atom stereocenters. The van der Waals surface area contributed by atoms with Crippen LogP contribution in [0.2, 0.25) is 5.02 Å². The van der Waals surface area contributed by atoms with E-state index in [0.29, 0.717) is 18.3 Å². The SMILES string of the molecule is FC(F)(F)c1cc(Nc2ccnc(NCc3ccccn3)n2)ccc1Cl. The van der Waals surface area contributed by atoms with Crippen LogP contribution >= 0.6 is 11.6 Å². The molecule has 0 atom stereocenters. The van der Waals surface area contributed by atoms with E-state index >= 15 is 0 Å². The lowest BCUT2D eigenvalue weighted by Gasteiger charge is -2.12. The Labute approximate surface area is 152 Å². The summed E-state index contributed by atoms with van der Waals surface area (Å²) in [7, 11) is 0. The molecular formula is C17H13ClF3N5. The quantitative estimate of drug-likeness (QED) is 0.660. The summed E-state index contributed by atoms with van der Waals surface area (Å²) in [5.74, 6) is 0.671. The summed E-state index contributed by atoms with van der Waals surface area (Å²) in [6.07, 6.45) is -1.36. The Bertz CT molecular complexity index is 887. The second kappa shape index (κ2) is 7.57. The number of hydrogen-bond donors (Lipinski definition) is 2. The number of aromatic nitrogens is 3. The van der Waals surface area contributed by atoms with Crippen molar-refractivity contribution in [2.75, 3.05) is 10.6 Å². The number of alkyl halides is 3. The highest BCUT2D eigenvalue weighted by Crippen LogP contribution is 2.36. The third kappa shape index (κ3) is 4.60. The molecule has 0 aliphatic rings. The number of benzene rings is 1. The molecular weight excluding hydrogens is 367 g/mol. The highest BCUT2D eigenvalue weighted by molar-refractivity contribution is 6.31. The lowest BCUT2D eigenvalue weighted by molar-refractivity contribution is -0.137. The summed E-state index contributed by atoms with van der Waals surface area (Å²) >= 11 is 5.62. The molecule has 3 rings (SSSR count). The van der Waals surface area contributed by atoms with Crippen LogP contribution in [0, 0.1) is 0 Å². The summed E-state index contributed by atoms with van der Waals surface area (Å²) in [6.45, 7) is 0.420. The highest BCUT2D eigenvalue weighted by Gasteiger charge is 2.33. The van der Waals surface area contributed by atoms with Gasteiger partial charge in [-0.1, -0.05) is 17.7 Å². The minimum Gasteiger partial charge on any atom is -0.349 e. The van der Waals surface area contributed by atoms with Crippen LogP contribution in [0.5, 0.6) is 0 Å². The van der Waals surface area contributed by atoms with Gasteiger partial charge in [0.25, 0.3) is 0 Å². The largest absolute Gasteiger partial charge is 0.417 e. The molecule has 3 aromatic rings. The summed E-state index contributed by atoms with van der Waals surface area (Å²) in [6, 6.07) is 10.6. The van der Waals surface area contributed by atoms with E-state index in [0.717, 1.165) is 11.8 Å². The zero-order valence-corrected chi connectivity index (χ0v) is 14.0. The van der Waals surface area contributed by atoms with Crippen molar-refractivity contribution in [2.24, 2.45) is 0 Å². The molecule has 0 radical (unpaired) electrons. The van der Waals surface area contributed by atoms with E-state index in [2.05, 4.69) is 25.6 Å². The lowest BCUT2D eigenvalue weighted by atomic mass is 10.2. The lowest BCUT2D eigenvalue weighted by Crippen LogP contribution is -2.08. The maximum atomic E-state index is 12.9. The van der Waals surface area contributed by atoms with Crippen molar-refractivity contribution in [3.05, 3.63) is 71.1 Å². The van der Waals surface area contributed by atoms with Gasteiger partial charge in [-0.15, -0.1) is 0 Å². The molecule has 9 heteroatoms. The van der Waals surface area contributed by atoms with Gasteiger partial charge in [-0.3, -0.25) is 4.98 Å². The van der Waals surface area contributed by atoms with Crippen molar-refractivity contribution >= 4 is 29.1 Å². The molecule has 2 N–H and O–H groups in total. The van der Waals surface area contributed by atoms with Crippen LogP contribution in [0.25, 0.3) is 0 Å². The average molecular weight is 380 g/mol. The van der Waals surface area contributed by atoms with Gasteiger partial charge in [0, 0.05) is 18.1 Å². The number of halogens is 4. The van der Waals surface area contributed by atoms with E-state index in [4.69, 9.17) is 11.6 Å². The van der Waals surface area contributed by atoms with Crippen LogP contribution in [0.4, 0.5) is 30.6 Å². The first kappa shape index (κ1) is 17.9. The first-order valence-corrected chi connectivity index (χ1v) is 7.90. The molecule has 0 saturated heterocycles. The summed E-state index contributed by atoms with van der Waals surface area (Å²) in [4.78, 5) is 12.5. The number of nitrogens with zero attached hydrogens (tertiary/aromatic N) is 3. The van der Waals surface area contributed by atoms with Gasteiger partial charge in [0.15, 0.2) is 0 Å². The van der Waals surface area contributed by atoms with Crippen molar-refractivity contribution in [3.63, 3.8) is 0 Å². The molecule has 2 aromatic heterocycles. The zero-order chi connectivity index (χ0) is 18.6. The highest BCUT2D eigenvalue weighted by atomic mass is 35.5. The van der Waals surface area contributed by atoms with E-state index in [1.807, 2.05) is 18.2 Å². The number of rotatable bonds is 5. The Hall–Kier alpha value is -2.87. The number of anilines is 3. The minimum atomic E-state index is -4.53. The van der Waals surface area contributed by atoms with Gasteiger partial charge in [0.2, 0.25) is 5.95 Å². The van der Waals surface area contributed by atoms with Gasteiger partial charge in [-0.25, -0.2) is 4.98 Å². The van der Waals surface area contributed by atoms with Gasteiger partial charge >= 0.3 is 6.18 Å². The minimum absolute atomic E-state index is 0.219. The van der Waals surface area contributed by atoms with Crippen molar-refractivity contribution in [1.29, 1.82) is 0 Å². The standard InChI is InChI=1S/C17H13ClF3N5/c18-14-5-4-11(9-13(14)17(19,20)21)25-15-6-8-23-16(26-15)24-10-12-3-1-2-7-22-12/h1-9H,10H2,(H2,23,24,25,26). The first-order valence-electron chi connectivity index (χ1n) is 7.52. The van der Waals surface area contributed by atoms with Gasteiger partial charge in [0.05, 0.1) is 22.8 Å². The van der Waals surface area contributed by atoms with E-state index in [-0.39, 0.29) is 10.7 Å². The fourth-order valence-corrected chi connectivity index (χ4v) is 2.38. The van der Waals surface area contributed by atoms with Crippen LogP contribution in [-0.4, -0.2) is 15.0 Å². The van der Waals surface area contributed by atoms with E-state index in [1.165, 1.54) is 18.3 Å². The Kier molecular flexibility index (Phi) is 5.22. The molecule has 0 amide bonds. The normalized spacial score (nSPS) is 11.2. The molecule has 0 saturated carbocycles. The van der Waals surface area contributed by atoms with Crippen LogP contribution in [-0.2, 0) is 12.7 Å². The molecule has 134 valence electrons. The smallest absolute Gasteiger partial charge is 0.349 e. The number of hydrogen-bond acceptors (Lipinski definition) is 5. The van der Waals surface area contributed by atoms with Crippen molar-refractivity contribution in [2.45, 2.75) is 12.7 Å². The Balaban J connectivity index is 1.73. The molecule has 0 spiro atoms. The number of nitrogens with one attached hydrogen (secondary N) is 2. The maximum absolute atomic E-state index is 12.9. The van der Waals surface area contributed by atoms with Gasteiger partial charge < -0.3 is 10.6 Å². The third-order valence-corrected chi connectivity index (χ3v) is 3.68. The summed E-state index contributed by atoms with van der Waals surface area (Å²) < 4.78 is 38.8. The van der Waals surface area contributed by atoms with Gasteiger partial charge in [-0.2, -0.15) is 18.2 Å². The molecule has 1 aromatic carbocycles. The van der Waals surface area contributed by atoms with Crippen LogP contribution in [0.15, 0.2) is 54.9 Å². The van der Waals surface area contributed by atoms with Crippen LogP contribution in [0.1, 0.15) is 11.3 Å². The fraction of sp³-hybridized carbons (Fsp3) is 0.118. The molecule has 26 heavy (non-hydrogen) atoms. The number of pyridine rings is 1. The van der Waals surface area contributed by atoms with E-state index in [1.54, 1.807) is 12.3 Å². The van der Waals surface area contributed by atoms with Crippen molar-refractivity contribution in [1.82, 2.24) is 15.0 Å². The topological polar surface area (TPSA) is 62.7 Å². The third-order valence-electron chi connectivity index (χ3n) is 3.35. The van der Waals surface area contributed by atoms with Crippen LogP contribution in [0.3, 0.4) is 0 Å². The second-order valence-electron chi connectivity index (χ2n) is 5.26. The predicted octanol–water partition coefficient (Wildman–Crippen LogP) is 4.90. The predicted molar refractivity (Wildman–Crippen MR) is 93.3 cm³/mol.